The number of carboxylic acid groups (broad SMARTS) is 1. The second-order valence-electron chi connectivity index (χ2n) is 4.72. The van der Waals surface area contributed by atoms with Gasteiger partial charge in [0.25, 0.3) is 10.0 Å². The third kappa shape index (κ3) is 4.43. The molecule has 0 fully saturated rings. The number of hydrogen-bond donors (Lipinski definition) is 1. The fraction of sp³-hybridized carbons (Fsp3) is 0.133. The minimum Gasteiger partial charge on any atom is -0.550 e. The van der Waals surface area contributed by atoms with Crippen LogP contribution in [-0.4, -0.2) is 14.4 Å². The zero-order chi connectivity index (χ0) is 17.0. The van der Waals surface area contributed by atoms with E-state index >= 15 is 0 Å². The quantitative estimate of drug-likeness (QED) is 0.857. The molecule has 0 aliphatic carbocycles. The number of sulfonamides is 1. The summed E-state index contributed by atoms with van der Waals surface area (Å²) in [5.41, 5.74) is 0.403. The van der Waals surface area contributed by atoms with Crippen LogP contribution in [0.1, 0.15) is 12.0 Å². The predicted octanol–water partition coefficient (Wildman–Crippen LogP) is 1.96. The first-order valence-electron chi connectivity index (χ1n) is 6.55. The van der Waals surface area contributed by atoms with Crippen LogP contribution in [0.5, 0.6) is 0 Å². The van der Waals surface area contributed by atoms with Gasteiger partial charge in [-0.05, 0) is 42.7 Å². The summed E-state index contributed by atoms with van der Waals surface area (Å²) in [6.07, 6.45) is 0.0804. The second-order valence-corrected chi connectivity index (χ2v) is 6.81. The second kappa shape index (κ2) is 6.97. The maximum absolute atomic E-state index is 13.8. The molecule has 2 aromatic carbocycles. The molecule has 0 aromatic heterocycles. The number of carbonyl (C=O) groups excluding carboxylic acids is 1. The molecule has 0 saturated carbocycles. The van der Waals surface area contributed by atoms with E-state index in [1.807, 2.05) is 0 Å². The number of carbonyl (C=O) groups is 1. The highest BCUT2D eigenvalue weighted by molar-refractivity contribution is 7.92. The zero-order valence-electron chi connectivity index (χ0n) is 11.8. The van der Waals surface area contributed by atoms with Gasteiger partial charge in [0, 0.05) is 5.97 Å². The molecule has 5 nitrogen and oxygen atoms in total. The predicted molar refractivity (Wildman–Crippen MR) is 82.0 cm³/mol. The molecule has 0 heterocycles. The maximum atomic E-state index is 13.8. The van der Waals surface area contributed by atoms with Crippen molar-refractivity contribution in [2.45, 2.75) is 17.7 Å². The maximum Gasteiger partial charge on any atom is 0.261 e. The number of rotatable bonds is 6. The highest BCUT2D eigenvalue weighted by Gasteiger charge is 2.17. The van der Waals surface area contributed by atoms with E-state index in [-0.39, 0.29) is 28.4 Å². The number of aliphatic carboxylic acids is 1. The Hall–Kier alpha value is -2.12. The highest BCUT2D eigenvalue weighted by Crippen LogP contribution is 2.24. The molecule has 8 heteroatoms. The Balaban J connectivity index is 2.19. The van der Waals surface area contributed by atoms with Crippen LogP contribution in [-0.2, 0) is 21.2 Å². The van der Waals surface area contributed by atoms with E-state index < -0.39 is 21.8 Å². The van der Waals surface area contributed by atoms with E-state index in [0.29, 0.717) is 5.56 Å². The van der Waals surface area contributed by atoms with Crippen LogP contribution in [0, 0.1) is 5.82 Å². The summed E-state index contributed by atoms with van der Waals surface area (Å²) >= 11 is 5.61. The normalized spacial score (nSPS) is 11.2. The molecule has 23 heavy (non-hydrogen) atoms. The van der Waals surface area contributed by atoms with Crippen molar-refractivity contribution in [1.29, 1.82) is 0 Å². The Kier molecular flexibility index (Phi) is 5.23. The first-order chi connectivity index (χ1) is 10.8. The summed E-state index contributed by atoms with van der Waals surface area (Å²) in [5, 5.41) is 10.2. The van der Waals surface area contributed by atoms with E-state index in [9.17, 15) is 22.7 Å². The van der Waals surface area contributed by atoms with E-state index in [1.54, 1.807) is 0 Å². The molecule has 0 spiro atoms. The summed E-state index contributed by atoms with van der Waals surface area (Å²) in [6.45, 7) is 0. The molecule has 2 aromatic rings. The minimum atomic E-state index is -3.98. The smallest absolute Gasteiger partial charge is 0.261 e. The van der Waals surface area contributed by atoms with Crippen LogP contribution in [0.4, 0.5) is 10.1 Å². The first-order valence-corrected chi connectivity index (χ1v) is 8.41. The van der Waals surface area contributed by atoms with Gasteiger partial charge in [0.05, 0.1) is 15.6 Å². The molecule has 0 aliphatic rings. The Labute approximate surface area is 137 Å². The topological polar surface area (TPSA) is 86.3 Å². The van der Waals surface area contributed by atoms with Gasteiger partial charge in [-0.15, -0.1) is 0 Å². The lowest BCUT2D eigenvalue weighted by Gasteiger charge is -2.10. The van der Waals surface area contributed by atoms with Crippen molar-refractivity contribution in [3.8, 4) is 0 Å². The molecule has 0 amide bonds. The molecular formula is C15H12ClFNO4S-. The van der Waals surface area contributed by atoms with Gasteiger partial charge >= 0.3 is 0 Å². The number of benzene rings is 2. The third-order valence-electron chi connectivity index (χ3n) is 3.05. The van der Waals surface area contributed by atoms with Gasteiger partial charge in [-0.3, -0.25) is 4.72 Å². The van der Waals surface area contributed by atoms with E-state index in [0.717, 1.165) is 0 Å². The number of carboxylic acids is 1. The van der Waals surface area contributed by atoms with Crippen molar-refractivity contribution in [1.82, 2.24) is 0 Å². The Morgan fingerprint density at radius 1 is 1.17 bits per heavy atom. The average Bonchev–Trinajstić information content (AvgIpc) is 2.50. The highest BCUT2D eigenvalue weighted by atomic mass is 35.5. The SMILES string of the molecule is O=C([O-])CCc1ccc(S(=O)(=O)Nc2cccc(Cl)c2F)cc1. The molecule has 2 rings (SSSR count). The molecular weight excluding hydrogens is 345 g/mol. The number of nitrogens with one attached hydrogen (secondary N) is 1. The Morgan fingerprint density at radius 3 is 2.43 bits per heavy atom. The summed E-state index contributed by atoms with van der Waals surface area (Å²) in [7, 11) is -3.98. The fourth-order valence-corrected chi connectivity index (χ4v) is 3.10. The Morgan fingerprint density at radius 2 is 1.83 bits per heavy atom. The number of halogens is 2. The van der Waals surface area contributed by atoms with Gasteiger partial charge in [0.1, 0.15) is 0 Å². The lowest BCUT2D eigenvalue weighted by molar-refractivity contribution is -0.305. The van der Waals surface area contributed by atoms with Crippen molar-refractivity contribution < 1.29 is 22.7 Å². The van der Waals surface area contributed by atoms with E-state index in [1.165, 1.54) is 42.5 Å². The standard InChI is InChI=1S/C15H13ClFNO4S/c16-12-2-1-3-13(15(12)17)18-23(21,22)11-7-4-10(5-8-11)6-9-14(19)20/h1-5,7-8,18H,6,9H2,(H,19,20)/p-1. The van der Waals surface area contributed by atoms with Crippen molar-refractivity contribution >= 4 is 33.3 Å². The molecule has 0 bridgehead atoms. The largest absolute Gasteiger partial charge is 0.550 e. The van der Waals surface area contributed by atoms with Crippen molar-refractivity contribution in [2.24, 2.45) is 0 Å². The average molecular weight is 357 g/mol. The summed E-state index contributed by atoms with van der Waals surface area (Å²) < 4.78 is 40.3. The van der Waals surface area contributed by atoms with Gasteiger partial charge in [-0.2, -0.15) is 0 Å². The van der Waals surface area contributed by atoms with Gasteiger partial charge in [-0.1, -0.05) is 29.8 Å². The van der Waals surface area contributed by atoms with E-state index in [2.05, 4.69) is 4.72 Å². The molecule has 0 radical (unpaired) electrons. The first kappa shape index (κ1) is 17.2. The summed E-state index contributed by atoms with van der Waals surface area (Å²) in [5.74, 6) is -2.04. The van der Waals surface area contributed by atoms with Gasteiger partial charge < -0.3 is 9.90 Å². The van der Waals surface area contributed by atoms with Crippen LogP contribution < -0.4 is 9.83 Å². The molecule has 122 valence electrons. The molecule has 0 atom stereocenters. The summed E-state index contributed by atoms with van der Waals surface area (Å²) in [4.78, 5) is 10.3. The van der Waals surface area contributed by atoms with Gasteiger partial charge in [0.2, 0.25) is 0 Å². The van der Waals surface area contributed by atoms with Gasteiger partial charge in [-0.25, -0.2) is 12.8 Å². The lowest BCUT2D eigenvalue weighted by atomic mass is 10.1. The van der Waals surface area contributed by atoms with Crippen LogP contribution >= 0.6 is 11.6 Å². The van der Waals surface area contributed by atoms with Crippen LogP contribution in [0.2, 0.25) is 5.02 Å². The molecule has 0 unspecified atom stereocenters. The molecule has 1 N–H and O–H groups in total. The van der Waals surface area contributed by atoms with Crippen LogP contribution in [0.3, 0.4) is 0 Å². The number of aryl methyl sites for hydroxylation is 1. The molecule has 0 saturated heterocycles. The third-order valence-corrected chi connectivity index (χ3v) is 4.72. The monoisotopic (exact) mass is 356 g/mol. The van der Waals surface area contributed by atoms with Crippen LogP contribution in [0.25, 0.3) is 0 Å². The van der Waals surface area contributed by atoms with Crippen LogP contribution in [0.15, 0.2) is 47.4 Å². The van der Waals surface area contributed by atoms with Crippen molar-refractivity contribution in [3.05, 3.63) is 58.9 Å². The number of hydrogen-bond acceptors (Lipinski definition) is 4. The minimum absolute atomic E-state index is 0.0749. The van der Waals surface area contributed by atoms with Crippen molar-refractivity contribution in [3.63, 3.8) is 0 Å². The Bertz CT molecular complexity index is 822. The molecule has 0 aliphatic heterocycles. The van der Waals surface area contributed by atoms with E-state index in [4.69, 9.17) is 11.6 Å². The lowest BCUT2D eigenvalue weighted by Crippen LogP contribution is -2.22. The fourth-order valence-electron chi connectivity index (χ4n) is 1.87. The van der Waals surface area contributed by atoms with Crippen molar-refractivity contribution in [2.75, 3.05) is 4.72 Å². The summed E-state index contributed by atoms with van der Waals surface area (Å²) in [6, 6.07) is 9.60. The zero-order valence-corrected chi connectivity index (χ0v) is 13.3. The number of anilines is 1. The van der Waals surface area contributed by atoms with Gasteiger partial charge in [0.15, 0.2) is 5.82 Å².